The van der Waals surface area contributed by atoms with E-state index in [0.717, 1.165) is 31.8 Å². The average Bonchev–Trinajstić information content (AvgIpc) is 2.59. The van der Waals surface area contributed by atoms with Crippen LogP contribution in [0, 0.1) is 5.92 Å². The summed E-state index contributed by atoms with van der Waals surface area (Å²) < 4.78 is 5.58. The lowest BCUT2D eigenvalue weighted by atomic mass is 9.78. The van der Waals surface area contributed by atoms with Crippen LogP contribution in [-0.4, -0.2) is 22.9 Å². The molecule has 3 N–H and O–H groups in total. The van der Waals surface area contributed by atoms with Crippen LogP contribution in [-0.2, 0) is 17.6 Å². The smallest absolute Gasteiger partial charge is 0.148 e. The molecule has 0 bridgehead atoms. The van der Waals surface area contributed by atoms with Gasteiger partial charge in [0.15, 0.2) is 0 Å². The Balaban J connectivity index is 1.87. The quantitative estimate of drug-likeness (QED) is 0.798. The third-order valence-corrected chi connectivity index (χ3v) is 3.57. The third-order valence-electron chi connectivity index (χ3n) is 3.57. The van der Waals surface area contributed by atoms with Crippen LogP contribution in [0.25, 0.3) is 0 Å². The third kappa shape index (κ3) is 2.80. The zero-order valence-electron chi connectivity index (χ0n) is 10.8. The maximum absolute atomic E-state index is 5.87. The monoisotopic (exact) mass is 237 g/mol. The van der Waals surface area contributed by atoms with Gasteiger partial charge in [0.25, 0.3) is 0 Å². The predicted molar refractivity (Wildman–Crippen MR) is 68.8 cm³/mol. The molecule has 1 heterocycles. The number of anilines is 1. The lowest BCUT2D eigenvalue weighted by Crippen LogP contribution is -2.32. The predicted octanol–water partition coefficient (Wildman–Crippen LogP) is 2.30. The summed E-state index contributed by atoms with van der Waals surface area (Å²) in [5.74, 6) is 1.42. The summed E-state index contributed by atoms with van der Waals surface area (Å²) in [5, 5.41) is 7.21. The molecule has 0 aliphatic heterocycles. The first-order chi connectivity index (χ1) is 8.24. The fourth-order valence-electron chi connectivity index (χ4n) is 2.62. The van der Waals surface area contributed by atoms with Crippen molar-refractivity contribution in [1.29, 1.82) is 0 Å². The molecular formula is C13H23N3O. The Bertz CT molecular complexity index is 356. The van der Waals surface area contributed by atoms with Crippen molar-refractivity contribution in [3.05, 3.63) is 11.3 Å². The molecule has 0 unspecified atom stereocenters. The van der Waals surface area contributed by atoms with Crippen LogP contribution in [0.2, 0.25) is 0 Å². The molecule has 96 valence electrons. The van der Waals surface area contributed by atoms with Crippen molar-refractivity contribution in [2.45, 2.75) is 52.1 Å². The van der Waals surface area contributed by atoms with Gasteiger partial charge in [-0.1, -0.05) is 13.3 Å². The number of H-pyrrole nitrogens is 1. The number of aromatic amines is 1. The van der Waals surface area contributed by atoms with Gasteiger partial charge in [-0.05, 0) is 38.5 Å². The van der Waals surface area contributed by atoms with Gasteiger partial charge in [0, 0.05) is 17.9 Å². The second-order valence-corrected chi connectivity index (χ2v) is 4.93. The maximum atomic E-state index is 5.87. The molecule has 0 saturated heterocycles. The number of ether oxygens (including phenoxy) is 1. The van der Waals surface area contributed by atoms with Gasteiger partial charge in [0.1, 0.15) is 5.82 Å². The van der Waals surface area contributed by atoms with E-state index >= 15 is 0 Å². The topological polar surface area (TPSA) is 63.9 Å². The van der Waals surface area contributed by atoms with E-state index in [2.05, 4.69) is 24.0 Å². The molecular weight excluding hydrogens is 214 g/mol. The minimum atomic E-state index is 0.486. The van der Waals surface area contributed by atoms with Crippen LogP contribution in [0.5, 0.6) is 0 Å². The van der Waals surface area contributed by atoms with Gasteiger partial charge in [-0.3, -0.25) is 5.10 Å². The van der Waals surface area contributed by atoms with Gasteiger partial charge in [0.05, 0.1) is 6.10 Å². The number of rotatable bonds is 6. The van der Waals surface area contributed by atoms with E-state index in [-0.39, 0.29) is 0 Å². The second-order valence-electron chi connectivity index (χ2n) is 4.93. The summed E-state index contributed by atoms with van der Waals surface area (Å²) >= 11 is 0. The number of hydrogen-bond donors (Lipinski definition) is 2. The molecule has 1 aliphatic rings. The first kappa shape index (κ1) is 12.4. The molecule has 0 aromatic carbocycles. The van der Waals surface area contributed by atoms with Gasteiger partial charge in [0.2, 0.25) is 0 Å². The molecule has 4 nitrogen and oxygen atoms in total. The second kappa shape index (κ2) is 5.54. The number of nitrogens with zero attached hydrogens (tertiary/aromatic N) is 1. The molecule has 1 fully saturated rings. The van der Waals surface area contributed by atoms with E-state index in [9.17, 15) is 0 Å². The molecule has 0 spiro atoms. The number of nitrogen functional groups attached to an aromatic ring is 1. The minimum Gasteiger partial charge on any atom is -0.382 e. The van der Waals surface area contributed by atoms with Crippen LogP contribution in [0.4, 0.5) is 5.82 Å². The molecule has 0 amide bonds. The molecule has 0 atom stereocenters. The Morgan fingerprint density at radius 3 is 2.82 bits per heavy atom. The largest absolute Gasteiger partial charge is 0.382 e. The highest BCUT2D eigenvalue weighted by Gasteiger charge is 2.30. The van der Waals surface area contributed by atoms with Crippen LogP contribution in [0.1, 0.15) is 44.4 Å². The lowest BCUT2D eigenvalue weighted by molar-refractivity contribution is -0.0243. The zero-order chi connectivity index (χ0) is 12.3. The fraction of sp³-hybridized carbons (Fsp3) is 0.769. The van der Waals surface area contributed by atoms with E-state index in [0.29, 0.717) is 11.9 Å². The zero-order valence-corrected chi connectivity index (χ0v) is 10.8. The Labute approximate surface area is 103 Å². The molecule has 1 aromatic rings. The molecule has 2 rings (SSSR count). The summed E-state index contributed by atoms with van der Waals surface area (Å²) in [6.07, 6.45) is 6.06. The molecule has 4 heteroatoms. The molecule has 1 aromatic heterocycles. The summed E-state index contributed by atoms with van der Waals surface area (Å²) in [4.78, 5) is 0. The van der Waals surface area contributed by atoms with E-state index in [4.69, 9.17) is 10.5 Å². The SMILES string of the molecule is CCCc1c(N)n[nH]c1CC1CC(OCC)C1. The van der Waals surface area contributed by atoms with E-state index in [1.54, 1.807) is 0 Å². The van der Waals surface area contributed by atoms with Crippen molar-refractivity contribution >= 4 is 5.82 Å². The van der Waals surface area contributed by atoms with Gasteiger partial charge in [-0.15, -0.1) is 0 Å². The number of aromatic nitrogens is 2. The van der Waals surface area contributed by atoms with E-state index in [1.807, 2.05) is 0 Å². The normalized spacial score (nSPS) is 23.6. The highest BCUT2D eigenvalue weighted by atomic mass is 16.5. The first-order valence-corrected chi connectivity index (χ1v) is 6.67. The lowest BCUT2D eigenvalue weighted by Gasteiger charge is -2.34. The van der Waals surface area contributed by atoms with Gasteiger partial charge >= 0.3 is 0 Å². The van der Waals surface area contributed by atoms with Crippen molar-refractivity contribution in [1.82, 2.24) is 10.2 Å². The van der Waals surface area contributed by atoms with E-state index in [1.165, 1.54) is 24.1 Å². The van der Waals surface area contributed by atoms with Crippen molar-refractivity contribution < 1.29 is 4.74 Å². The van der Waals surface area contributed by atoms with Crippen molar-refractivity contribution in [2.24, 2.45) is 5.92 Å². The Morgan fingerprint density at radius 2 is 2.18 bits per heavy atom. The summed E-state index contributed by atoms with van der Waals surface area (Å²) in [5.41, 5.74) is 8.34. The Hall–Kier alpha value is -1.03. The number of nitrogens with two attached hydrogens (primary N) is 1. The Morgan fingerprint density at radius 1 is 1.41 bits per heavy atom. The Kier molecular flexibility index (Phi) is 4.05. The average molecular weight is 237 g/mol. The van der Waals surface area contributed by atoms with Crippen molar-refractivity contribution in [3.63, 3.8) is 0 Å². The summed E-state index contributed by atoms with van der Waals surface area (Å²) in [6, 6.07) is 0. The molecule has 1 aliphatic carbocycles. The fourth-order valence-corrected chi connectivity index (χ4v) is 2.62. The number of hydrogen-bond acceptors (Lipinski definition) is 3. The van der Waals surface area contributed by atoms with Crippen LogP contribution in [0.3, 0.4) is 0 Å². The van der Waals surface area contributed by atoms with Crippen molar-refractivity contribution in [2.75, 3.05) is 12.3 Å². The highest BCUT2D eigenvalue weighted by Crippen LogP contribution is 2.33. The van der Waals surface area contributed by atoms with Gasteiger partial charge in [-0.2, -0.15) is 5.10 Å². The van der Waals surface area contributed by atoms with Gasteiger partial charge in [-0.25, -0.2) is 0 Å². The first-order valence-electron chi connectivity index (χ1n) is 6.67. The maximum Gasteiger partial charge on any atom is 0.148 e. The summed E-state index contributed by atoms with van der Waals surface area (Å²) in [7, 11) is 0. The van der Waals surface area contributed by atoms with Gasteiger partial charge < -0.3 is 10.5 Å². The van der Waals surface area contributed by atoms with Crippen molar-refractivity contribution in [3.8, 4) is 0 Å². The van der Waals surface area contributed by atoms with E-state index < -0.39 is 0 Å². The minimum absolute atomic E-state index is 0.486. The highest BCUT2D eigenvalue weighted by molar-refractivity contribution is 5.42. The molecule has 1 saturated carbocycles. The number of nitrogens with one attached hydrogen (secondary N) is 1. The molecule has 0 radical (unpaired) electrons. The van der Waals surface area contributed by atoms with Crippen LogP contribution < -0.4 is 5.73 Å². The van der Waals surface area contributed by atoms with Crippen LogP contribution in [0.15, 0.2) is 0 Å². The van der Waals surface area contributed by atoms with Crippen LogP contribution >= 0.6 is 0 Å². The summed E-state index contributed by atoms with van der Waals surface area (Å²) in [6.45, 7) is 5.06. The molecule has 17 heavy (non-hydrogen) atoms. The standard InChI is InChI=1S/C13H23N3O/c1-3-5-11-12(15-16-13(11)14)8-9-6-10(7-9)17-4-2/h9-10H,3-8H2,1-2H3,(H3,14,15,16).